The summed E-state index contributed by atoms with van der Waals surface area (Å²) in [7, 11) is 2.80. The highest BCUT2D eigenvalue weighted by atomic mass is 16.5. The quantitative estimate of drug-likeness (QED) is 0.523. The molecule has 1 amide bonds. The maximum Gasteiger partial charge on any atom is 0.328 e. The van der Waals surface area contributed by atoms with Crippen LogP contribution in [-0.2, 0) is 30.2 Å². The van der Waals surface area contributed by atoms with Crippen molar-refractivity contribution < 1.29 is 23.8 Å². The monoisotopic (exact) mass is 320 g/mol. The molecule has 1 atom stereocenters. The van der Waals surface area contributed by atoms with Crippen molar-refractivity contribution in [3.8, 4) is 6.07 Å². The van der Waals surface area contributed by atoms with Crippen LogP contribution in [0.4, 0.5) is 0 Å². The first-order valence-corrected chi connectivity index (χ1v) is 7.03. The van der Waals surface area contributed by atoms with Crippen LogP contribution in [0.15, 0.2) is 24.3 Å². The van der Waals surface area contributed by atoms with Crippen LogP contribution in [0.3, 0.4) is 0 Å². The smallest absolute Gasteiger partial charge is 0.328 e. The van der Waals surface area contributed by atoms with E-state index >= 15 is 0 Å². The van der Waals surface area contributed by atoms with Crippen molar-refractivity contribution in [2.45, 2.75) is 12.5 Å². The number of methoxy groups -OCH3 is 2. The molecule has 0 saturated heterocycles. The number of carbonyl (C=O) groups excluding carboxylic acids is 2. The van der Waals surface area contributed by atoms with Crippen LogP contribution in [0.25, 0.3) is 0 Å². The van der Waals surface area contributed by atoms with Gasteiger partial charge in [0.15, 0.2) is 0 Å². The van der Waals surface area contributed by atoms with Gasteiger partial charge < -0.3 is 19.5 Å². The molecule has 0 spiro atoms. The van der Waals surface area contributed by atoms with Crippen LogP contribution in [0.2, 0.25) is 0 Å². The Bertz CT molecular complexity index is 551. The summed E-state index contributed by atoms with van der Waals surface area (Å²) in [5, 5.41) is 11.3. The SMILES string of the molecule is COCCOCC(=O)N[C@@H](Cc1ccc(C#N)cc1)C(=O)OC. The van der Waals surface area contributed by atoms with Crippen LogP contribution >= 0.6 is 0 Å². The molecule has 1 N–H and O–H groups in total. The lowest BCUT2D eigenvalue weighted by molar-refractivity contribution is -0.145. The molecule has 1 rings (SSSR count). The van der Waals surface area contributed by atoms with Gasteiger partial charge in [0, 0.05) is 13.5 Å². The lowest BCUT2D eigenvalue weighted by Crippen LogP contribution is -2.44. The molecule has 0 aliphatic heterocycles. The Morgan fingerprint density at radius 3 is 2.48 bits per heavy atom. The predicted molar refractivity (Wildman–Crippen MR) is 81.5 cm³/mol. The third-order valence-corrected chi connectivity index (χ3v) is 3.01. The van der Waals surface area contributed by atoms with E-state index < -0.39 is 17.9 Å². The number of nitriles is 1. The number of amides is 1. The minimum absolute atomic E-state index is 0.162. The molecule has 0 aliphatic carbocycles. The summed E-state index contributed by atoms with van der Waals surface area (Å²) in [6, 6.07) is 7.97. The Hall–Kier alpha value is -2.43. The molecule has 0 heterocycles. The topological polar surface area (TPSA) is 97.6 Å². The van der Waals surface area contributed by atoms with Gasteiger partial charge in [-0.05, 0) is 17.7 Å². The molecule has 0 saturated carbocycles. The standard InChI is InChI=1S/C16H20N2O5/c1-21-7-8-23-11-15(19)18-14(16(20)22-2)9-12-3-5-13(10-17)6-4-12/h3-6,14H,7-9,11H2,1-2H3,(H,18,19)/t14-/m0/s1. The number of nitrogens with one attached hydrogen (secondary N) is 1. The maximum atomic E-state index is 11.8. The second-order valence-electron chi connectivity index (χ2n) is 4.70. The number of carbonyl (C=O) groups is 2. The fourth-order valence-electron chi connectivity index (χ4n) is 1.83. The number of rotatable bonds is 9. The average Bonchev–Trinajstić information content (AvgIpc) is 2.58. The second kappa shape index (κ2) is 10.3. The number of hydrogen-bond acceptors (Lipinski definition) is 6. The largest absolute Gasteiger partial charge is 0.467 e. The summed E-state index contributed by atoms with van der Waals surface area (Å²) in [6.45, 7) is 0.519. The molecule has 1 aromatic rings. The van der Waals surface area contributed by atoms with Gasteiger partial charge in [-0.1, -0.05) is 12.1 Å². The van der Waals surface area contributed by atoms with Gasteiger partial charge in [0.25, 0.3) is 0 Å². The van der Waals surface area contributed by atoms with E-state index in [1.54, 1.807) is 24.3 Å². The summed E-state index contributed by atoms with van der Waals surface area (Å²) >= 11 is 0. The molecule has 7 heteroatoms. The average molecular weight is 320 g/mol. The third-order valence-electron chi connectivity index (χ3n) is 3.01. The fraction of sp³-hybridized carbons (Fsp3) is 0.438. The summed E-state index contributed by atoms with van der Waals surface area (Å²) in [6.07, 6.45) is 0.266. The zero-order valence-electron chi connectivity index (χ0n) is 13.2. The maximum absolute atomic E-state index is 11.8. The van der Waals surface area contributed by atoms with Crippen LogP contribution in [0.1, 0.15) is 11.1 Å². The van der Waals surface area contributed by atoms with Crippen molar-refractivity contribution in [1.29, 1.82) is 5.26 Å². The highest BCUT2D eigenvalue weighted by Gasteiger charge is 2.21. The van der Waals surface area contributed by atoms with Crippen LogP contribution in [0.5, 0.6) is 0 Å². The van der Waals surface area contributed by atoms with Gasteiger partial charge in [-0.3, -0.25) is 4.79 Å². The molecule has 0 radical (unpaired) electrons. The summed E-state index contributed by atoms with van der Waals surface area (Å²) < 4.78 is 14.6. The summed E-state index contributed by atoms with van der Waals surface area (Å²) in [5.41, 5.74) is 1.33. The lowest BCUT2D eigenvalue weighted by atomic mass is 10.0. The van der Waals surface area contributed by atoms with Crippen molar-refractivity contribution in [3.05, 3.63) is 35.4 Å². The van der Waals surface area contributed by atoms with Gasteiger partial charge in [0.1, 0.15) is 12.6 Å². The zero-order valence-corrected chi connectivity index (χ0v) is 13.2. The third kappa shape index (κ3) is 6.91. The van der Waals surface area contributed by atoms with Crippen LogP contribution in [-0.4, -0.2) is 52.0 Å². The molecular formula is C16H20N2O5. The Kier molecular flexibility index (Phi) is 8.36. The van der Waals surface area contributed by atoms with Gasteiger partial charge in [-0.25, -0.2) is 4.79 Å². The van der Waals surface area contributed by atoms with E-state index in [1.807, 2.05) is 6.07 Å². The first-order valence-electron chi connectivity index (χ1n) is 7.03. The highest BCUT2D eigenvalue weighted by Crippen LogP contribution is 2.07. The molecule has 0 aromatic heterocycles. The number of ether oxygens (including phenoxy) is 3. The van der Waals surface area contributed by atoms with E-state index in [2.05, 4.69) is 5.32 Å². The molecule has 0 bridgehead atoms. The lowest BCUT2D eigenvalue weighted by Gasteiger charge is -2.16. The van der Waals surface area contributed by atoms with Gasteiger partial charge in [-0.15, -0.1) is 0 Å². The first kappa shape index (κ1) is 18.6. The highest BCUT2D eigenvalue weighted by molar-refractivity contribution is 5.85. The van der Waals surface area contributed by atoms with Crippen molar-refractivity contribution in [3.63, 3.8) is 0 Å². The second-order valence-corrected chi connectivity index (χ2v) is 4.70. The van der Waals surface area contributed by atoms with Gasteiger partial charge in [-0.2, -0.15) is 5.26 Å². The Labute approximate surface area is 135 Å². The van der Waals surface area contributed by atoms with E-state index in [1.165, 1.54) is 14.2 Å². The van der Waals surface area contributed by atoms with E-state index in [0.29, 0.717) is 18.8 Å². The van der Waals surface area contributed by atoms with Crippen LogP contribution < -0.4 is 5.32 Å². The van der Waals surface area contributed by atoms with Crippen molar-refractivity contribution in [2.75, 3.05) is 34.0 Å². The Morgan fingerprint density at radius 2 is 1.91 bits per heavy atom. The molecule has 1 aromatic carbocycles. The normalized spacial score (nSPS) is 11.3. The minimum atomic E-state index is -0.813. The van der Waals surface area contributed by atoms with E-state index in [-0.39, 0.29) is 13.0 Å². The summed E-state index contributed by atoms with van der Waals surface area (Å²) in [4.78, 5) is 23.6. The minimum Gasteiger partial charge on any atom is -0.467 e. The number of hydrogen-bond donors (Lipinski definition) is 1. The van der Waals surface area contributed by atoms with Crippen molar-refractivity contribution >= 4 is 11.9 Å². The molecule has 0 aliphatic rings. The van der Waals surface area contributed by atoms with E-state index in [0.717, 1.165) is 5.56 Å². The molecule has 23 heavy (non-hydrogen) atoms. The Morgan fingerprint density at radius 1 is 1.22 bits per heavy atom. The first-order chi connectivity index (χ1) is 11.1. The van der Waals surface area contributed by atoms with Gasteiger partial charge >= 0.3 is 5.97 Å². The number of esters is 1. The zero-order chi connectivity index (χ0) is 17.1. The predicted octanol–water partition coefficient (Wildman–Crippen LogP) is 0.422. The van der Waals surface area contributed by atoms with Crippen LogP contribution in [0, 0.1) is 11.3 Å². The molecule has 0 unspecified atom stereocenters. The Balaban J connectivity index is 2.60. The molecule has 0 fully saturated rings. The van der Waals surface area contributed by atoms with E-state index in [4.69, 9.17) is 19.5 Å². The van der Waals surface area contributed by atoms with Crippen molar-refractivity contribution in [1.82, 2.24) is 5.32 Å². The molecule has 7 nitrogen and oxygen atoms in total. The molecular weight excluding hydrogens is 300 g/mol. The number of benzene rings is 1. The van der Waals surface area contributed by atoms with E-state index in [9.17, 15) is 9.59 Å². The summed E-state index contributed by atoms with van der Waals surface area (Å²) in [5.74, 6) is -0.954. The fourth-order valence-corrected chi connectivity index (χ4v) is 1.83. The number of nitrogens with zero attached hydrogens (tertiary/aromatic N) is 1. The van der Waals surface area contributed by atoms with Gasteiger partial charge in [0.2, 0.25) is 5.91 Å². The molecule has 124 valence electrons. The van der Waals surface area contributed by atoms with Gasteiger partial charge in [0.05, 0.1) is 32.0 Å². The van der Waals surface area contributed by atoms with Crippen molar-refractivity contribution in [2.24, 2.45) is 0 Å².